The van der Waals surface area contributed by atoms with Crippen LogP contribution in [0.2, 0.25) is 0 Å². The van der Waals surface area contributed by atoms with Gasteiger partial charge in [-0.2, -0.15) is 4.98 Å². The Morgan fingerprint density at radius 3 is 2.67 bits per heavy atom. The molecule has 1 aromatic carbocycles. The number of hydrogen-bond donors (Lipinski definition) is 1. The molecule has 2 heterocycles. The minimum Gasteiger partial charge on any atom is -0.485 e. The monoisotopic (exact) mass is 289 g/mol. The second-order valence-corrected chi connectivity index (χ2v) is 6.20. The van der Waals surface area contributed by atoms with Crippen LogP contribution in [-0.4, -0.2) is 16.7 Å². The van der Waals surface area contributed by atoms with Crippen molar-refractivity contribution >= 4 is 0 Å². The van der Waals surface area contributed by atoms with Gasteiger partial charge in [-0.3, -0.25) is 0 Å². The zero-order chi connectivity index (χ0) is 15.0. The van der Waals surface area contributed by atoms with Crippen molar-refractivity contribution in [2.75, 3.05) is 6.61 Å². The smallest absolute Gasteiger partial charge is 0.271 e. The standard InChI is InChI=1S/C15H19N3O3/c1-15(2,3)12(16)13-17-14(21-18-13)11-8-19-9-6-4-5-7-10(9)20-11/h4-7,11-12H,8,16H2,1-3H3. The molecule has 1 aliphatic heterocycles. The number of nitrogens with zero attached hydrogens (tertiary/aromatic N) is 2. The van der Waals surface area contributed by atoms with Crippen molar-refractivity contribution in [3.8, 4) is 11.5 Å². The van der Waals surface area contributed by atoms with Crippen molar-refractivity contribution in [2.45, 2.75) is 32.9 Å². The van der Waals surface area contributed by atoms with Crippen molar-refractivity contribution in [1.29, 1.82) is 0 Å². The van der Waals surface area contributed by atoms with E-state index in [0.29, 0.717) is 24.1 Å². The fourth-order valence-corrected chi connectivity index (χ4v) is 2.03. The molecule has 6 nitrogen and oxygen atoms in total. The van der Waals surface area contributed by atoms with Gasteiger partial charge >= 0.3 is 0 Å². The molecule has 2 N–H and O–H groups in total. The molecular formula is C15H19N3O3. The number of rotatable bonds is 2. The Labute approximate surface area is 123 Å². The second-order valence-electron chi connectivity index (χ2n) is 6.20. The summed E-state index contributed by atoms with van der Waals surface area (Å²) in [5, 5.41) is 3.97. The maximum atomic E-state index is 6.13. The van der Waals surface area contributed by atoms with Gasteiger partial charge < -0.3 is 19.7 Å². The molecule has 0 aliphatic carbocycles. The lowest BCUT2D eigenvalue weighted by Gasteiger charge is -2.24. The minimum atomic E-state index is -0.409. The topological polar surface area (TPSA) is 83.4 Å². The number of aromatic nitrogens is 2. The summed E-state index contributed by atoms with van der Waals surface area (Å²) in [6.07, 6.45) is -0.409. The number of fused-ring (bicyclic) bond motifs is 1. The Kier molecular flexibility index (Phi) is 3.33. The van der Waals surface area contributed by atoms with Gasteiger partial charge in [0.1, 0.15) is 6.61 Å². The summed E-state index contributed by atoms with van der Waals surface area (Å²) in [6.45, 7) is 6.43. The first-order valence-corrected chi connectivity index (χ1v) is 6.93. The Morgan fingerprint density at radius 2 is 1.95 bits per heavy atom. The van der Waals surface area contributed by atoms with Gasteiger partial charge in [0, 0.05) is 0 Å². The summed E-state index contributed by atoms with van der Waals surface area (Å²) >= 11 is 0. The molecule has 0 radical (unpaired) electrons. The van der Waals surface area contributed by atoms with Crippen LogP contribution in [0.1, 0.15) is 44.6 Å². The van der Waals surface area contributed by atoms with E-state index in [1.807, 2.05) is 45.0 Å². The van der Waals surface area contributed by atoms with E-state index < -0.39 is 6.10 Å². The van der Waals surface area contributed by atoms with Crippen LogP contribution in [0.4, 0.5) is 0 Å². The third-order valence-corrected chi connectivity index (χ3v) is 3.45. The molecule has 2 atom stereocenters. The van der Waals surface area contributed by atoms with Crippen LogP contribution in [-0.2, 0) is 0 Å². The fourth-order valence-electron chi connectivity index (χ4n) is 2.03. The molecule has 0 saturated carbocycles. The van der Waals surface area contributed by atoms with E-state index in [9.17, 15) is 0 Å². The molecule has 1 aromatic heterocycles. The fraction of sp³-hybridized carbons (Fsp3) is 0.467. The van der Waals surface area contributed by atoms with E-state index in [1.54, 1.807) is 0 Å². The predicted octanol–water partition coefficient (Wildman–Crippen LogP) is 2.63. The molecule has 112 valence electrons. The Balaban J connectivity index is 1.79. The van der Waals surface area contributed by atoms with Crippen LogP contribution in [0.15, 0.2) is 28.8 Å². The van der Waals surface area contributed by atoms with Gasteiger partial charge in [0.25, 0.3) is 5.89 Å². The van der Waals surface area contributed by atoms with Crippen molar-refractivity contribution in [3.63, 3.8) is 0 Å². The van der Waals surface area contributed by atoms with E-state index in [0.717, 1.165) is 5.75 Å². The average molecular weight is 289 g/mol. The first-order valence-electron chi connectivity index (χ1n) is 6.93. The molecule has 0 saturated heterocycles. The van der Waals surface area contributed by atoms with Crippen LogP contribution < -0.4 is 15.2 Å². The lowest BCUT2D eigenvalue weighted by Crippen LogP contribution is -2.27. The summed E-state index contributed by atoms with van der Waals surface area (Å²) < 4.78 is 16.8. The van der Waals surface area contributed by atoms with Gasteiger partial charge in [-0.15, -0.1) is 0 Å². The van der Waals surface area contributed by atoms with Crippen molar-refractivity contribution in [1.82, 2.24) is 10.1 Å². The van der Waals surface area contributed by atoms with Crippen LogP contribution in [0.5, 0.6) is 11.5 Å². The normalized spacial score (nSPS) is 19.3. The van der Waals surface area contributed by atoms with E-state index in [4.69, 9.17) is 19.7 Å². The summed E-state index contributed by atoms with van der Waals surface area (Å²) in [4.78, 5) is 4.37. The van der Waals surface area contributed by atoms with Gasteiger partial charge in [0.15, 0.2) is 17.3 Å². The Bertz CT molecular complexity index is 633. The van der Waals surface area contributed by atoms with Gasteiger partial charge in [-0.05, 0) is 17.5 Å². The lowest BCUT2D eigenvalue weighted by atomic mass is 9.87. The highest BCUT2D eigenvalue weighted by Crippen LogP contribution is 2.36. The number of benzene rings is 1. The lowest BCUT2D eigenvalue weighted by molar-refractivity contribution is 0.0665. The second kappa shape index (κ2) is 5.04. The quantitative estimate of drug-likeness (QED) is 0.915. The molecule has 3 rings (SSSR count). The zero-order valence-electron chi connectivity index (χ0n) is 12.4. The van der Waals surface area contributed by atoms with Gasteiger partial charge in [0.2, 0.25) is 6.10 Å². The number of ether oxygens (including phenoxy) is 2. The van der Waals surface area contributed by atoms with E-state index >= 15 is 0 Å². The van der Waals surface area contributed by atoms with Crippen LogP contribution in [0.25, 0.3) is 0 Å². The number of nitrogens with two attached hydrogens (primary N) is 1. The molecule has 0 fully saturated rings. The van der Waals surface area contributed by atoms with Crippen LogP contribution in [0, 0.1) is 5.41 Å². The highest BCUT2D eigenvalue weighted by atomic mass is 16.6. The van der Waals surface area contributed by atoms with Gasteiger partial charge in [-0.1, -0.05) is 38.1 Å². The Morgan fingerprint density at radius 1 is 1.24 bits per heavy atom. The zero-order valence-corrected chi connectivity index (χ0v) is 12.4. The maximum Gasteiger partial charge on any atom is 0.271 e. The highest BCUT2D eigenvalue weighted by molar-refractivity contribution is 5.40. The van der Waals surface area contributed by atoms with Crippen LogP contribution >= 0.6 is 0 Å². The summed E-state index contributed by atoms with van der Waals surface area (Å²) in [7, 11) is 0. The van der Waals surface area contributed by atoms with E-state index in [-0.39, 0.29) is 11.5 Å². The maximum absolute atomic E-state index is 6.13. The molecule has 0 bridgehead atoms. The number of para-hydroxylation sites is 2. The molecular weight excluding hydrogens is 270 g/mol. The molecule has 21 heavy (non-hydrogen) atoms. The van der Waals surface area contributed by atoms with Crippen LogP contribution in [0.3, 0.4) is 0 Å². The third kappa shape index (κ3) is 2.71. The molecule has 0 spiro atoms. The van der Waals surface area contributed by atoms with Gasteiger partial charge in [0.05, 0.1) is 6.04 Å². The molecule has 0 amide bonds. The highest BCUT2D eigenvalue weighted by Gasteiger charge is 2.31. The summed E-state index contributed by atoms with van der Waals surface area (Å²) in [6, 6.07) is 7.20. The van der Waals surface area contributed by atoms with Crippen molar-refractivity contribution in [2.24, 2.45) is 11.1 Å². The summed E-state index contributed by atoms with van der Waals surface area (Å²) in [5.74, 6) is 2.27. The largest absolute Gasteiger partial charge is 0.485 e. The Hall–Kier alpha value is -2.08. The molecule has 6 heteroatoms. The first kappa shape index (κ1) is 13.9. The van der Waals surface area contributed by atoms with E-state index in [1.165, 1.54) is 0 Å². The van der Waals surface area contributed by atoms with Crippen molar-refractivity contribution in [3.05, 3.63) is 36.0 Å². The first-order chi connectivity index (χ1) is 9.95. The van der Waals surface area contributed by atoms with Crippen molar-refractivity contribution < 1.29 is 14.0 Å². The van der Waals surface area contributed by atoms with Gasteiger partial charge in [-0.25, -0.2) is 0 Å². The summed E-state index contributed by atoms with van der Waals surface area (Å²) in [5.41, 5.74) is 5.99. The predicted molar refractivity (Wildman–Crippen MR) is 76.0 cm³/mol. The molecule has 2 aromatic rings. The number of hydrogen-bond acceptors (Lipinski definition) is 6. The van der Waals surface area contributed by atoms with E-state index in [2.05, 4.69) is 10.1 Å². The third-order valence-electron chi connectivity index (χ3n) is 3.45. The SMILES string of the molecule is CC(C)(C)C(N)c1noc(C2COc3ccccc3O2)n1. The average Bonchev–Trinajstić information content (AvgIpc) is 2.94. The molecule has 2 unspecified atom stereocenters. The molecule has 1 aliphatic rings. The minimum absolute atomic E-state index is 0.141.